The van der Waals surface area contributed by atoms with Crippen LogP contribution in [0, 0.1) is 12.7 Å². The van der Waals surface area contributed by atoms with E-state index in [9.17, 15) is 14.0 Å². The molecule has 4 rings (SSSR count). The van der Waals surface area contributed by atoms with Gasteiger partial charge in [0.05, 0.1) is 24.8 Å². The first kappa shape index (κ1) is 24.2. The third-order valence-corrected chi connectivity index (χ3v) is 5.91. The molecule has 1 aromatic heterocycles. The largest absolute Gasteiger partial charge is 0.493 e. The van der Waals surface area contributed by atoms with Crippen LogP contribution in [0.2, 0.25) is 0 Å². The second-order valence-electron chi connectivity index (χ2n) is 8.30. The molecule has 0 atom stereocenters. The molecule has 0 saturated carbocycles. The lowest BCUT2D eigenvalue weighted by molar-refractivity contribution is 0.0599. The van der Waals surface area contributed by atoms with Crippen molar-refractivity contribution >= 4 is 22.7 Å². The lowest BCUT2D eigenvalue weighted by Crippen LogP contribution is -2.04. The summed E-state index contributed by atoms with van der Waals surface area (Å²) in [6, 6.07) is 15.0. The average Bonchev–Trinajstić information content (AvgIpc) is 3.25. The molecule has 0 radical (unpaired) electrons. The quantitative estimate of drug-likeness (QED) is 0.197. The fraction of sp³-hybridized carbons (Fsp3) is 0.241. The molecule has 0 aliphatic heterocycles. The minimum Gasteiger partial charge on any atom is -0.493 e. The lowest BCUT2D eigenvalue weighted by Gasteiger charge is -2.13. The van der Waals surface area contributed by atoms with Crippen LogP contribution in [0.3, 0.4) is 0 Å². The third-order valence-electron chi connectivity index (χ3n) is 5.91. The zero-order valence-electron chi connectivity index (χ0n) is 20.2. The van der Waals surface area contributed by atoms with Crippen molar-refractivity contribution in [3.63, 3.8) is 0 Å². The Bertz CT molecular complexity index is 1400. The molecular formula is C29H27FO5. The van der Waals surface area contributed by atoms with Gasteiger partial charge in [0.15, 0.2) is 5.78 Å². The summed E-state index contributed by atoms with van der Waals surface area (Å²) in [5, 5.41) is 0.634. The van der Waals surface area contributed by atoms with Gasteiger partial charge < -0.3 is 13.9 Å². The molecule has 180 valence electrons. The molecule has 6 heteroatoms. The van der Waals surface area contributed by atoms with Gasteiger partial charge in [0.1, 0.15) is 22.9 Å². The molecule has 0 N–H and O–H groups in total. The lowest BCUT2D eigenvalue weighted by atomic mass is 9.95. The van der Waals surface area contributed by atoms with Crippen molar-refractivity contribution in [2.75, 3.05) is 13.7 Å². The van der Waals surface area contributed by atoms with Crippen molar-refractivity contribution < 1.29 is 27.9 Å². The van der Waals surface area contributed by atoms with Gasteiger partial charge in [0.2, 0.25) is 0 Å². The minimum absolute atomic E-state index is 0.0876. The molecule has 0 fully saturated rings. The molecule has 0 spiro atoms. The van der Waals surface area contributed by atoms with Crippen LogP contribution in [0.1, 0.15) is 53.0 Å². The number of esters is 1. The first-order valence-electron chi connectivity index (χ1n) is 11.6. The van der Waals surface area contributed by atoms with E-state index in [1.54, 1.807) is 31.2 Å². The first-order valence-corrected chi connectivity index (χ1v) is 11.6. The maximum absolute atomic E-state index is 13.5. The summed E-state index contributed by atoms with van der Waals surface area (Å²) < 4.78 is 30.7. The molecule has 0 aliphatic rings. The summed E-state index contributed by atoms with van der Waals surface area (Å²) in [6.45, 7) is 6.13. The van der Waals surface area contributed by atoms with Gasteiger partial charge in [-0.15, -0.1) is 0 Å². The molecule has 0 unspecified atom stereocenters. The smallest absolute Gasteiger partial charge is 0.338 e. The number of carbonyl (C=O) groups excluding carboxylic acids is 2. The van der Waals surface area contributed by atoms with Crippen molar-refractivity contribution in [2.24, 2.45) is 0 Å². The van der Waals surface area contributed by atoms with Crippen LogP contribution < -0.4 is 4.74 Å². The van der Waals surface area contributed by atoms with E-state index >= 15 is 0 Å². The molecule has 3 aromatic carbocycles. The number of Topliss-reactive ketones (excluding diaryl/α,β-unsaturated/α-hetero) is 1. The number of aryl methyl sites for hydroxylation is 1. The highest BCUT2D eigenvalue weighted by molar-refractivity contribution is 6.13. The summed E-state index contributed by atoms with van der Waals surface area (Å²) in [5.41, 5.74) is 4.28. The standard InChI is InChI=1S/C29H27FO5/c1-5-13-34-25-16-26-23(15-22(25)19-8-7-17(3)21(14-19)29(32)33-4)27(24(31)6-2)28(35-26)18-9-11-20(30)12-10-18/h7-12,14-16H,5-6,13H2,1-4H3. The summed E-state index contributed by atoms with van der Waals surface area (Å²) >= 11 is 0. The zero-order chi connectivity index (χ0) is 25.1. The van der Waals surface area contributed by atoms with Crippen LogP contribution in [0.5, 0.6) is 5.75 Å². The Morgan fingerprint density at radius 3 is 2.34 bits per heavy atom. The fourth-order valence-corrected chi connectivity index (χ4v) is 4.06. The number of ketones is 1. The van der Waals surface area contributed by atoms with Crippen molar-refractivity contribution in [2.45, 2.75) is 33.6 Å². The van der Waals surface area contributed by atoms with Crippen LogP contribution in [0.15, 0.2) is 59.0 Å². The molecule has 1 heterocycles. The van der Waals surface area contributed by atoms with Crippen LogP contribution in [0.4, 0.5) is 4.39 Å². The number of ether oxygens (including phenoxy) is 2. The fourth-order valence-electron chi connectivity index (χ4n) is 4.06. The van der Waals surface area contributed by atoms with Crippen molar-refractivity contribution in [3.05, 3.63) is 77.1 Å². The molecule has 5 nitrogen and oxygen atoms in total. The zero-order valence-corrected chi connectivity index (χ0v) is 20.2. The average molecular weight is 475 g/mol. The topological polar surface area (TPSA) is 65.7 Å². The van der Waals surface area contributed by atoms with Crippen molar-refractivity contribution in [1.29, 1.82) is 0 Å². The highest BCUT2D eigenvalue weighted by Gasteiger charge is 2.24. The maximum atomic E-state index is 13.5. The number of fused-ring (bicyclic) bond motifs is 1. The third kappa shape index (κ3) is 4.69. The normalized spacial score (nSPS) is 11.0. The highest BCUT2D eigenvalue weighted by Crippen LogP contribution is 2.41. The van der Waals surface area contributed by atoms with Gasteiger partial charge in [-0.05, 0) is 60.9 Å². The van der Waals surface area contributed by atoms with Crippen molar-refractivity contribution in [1.82, 2.24) is 0 Å². The molecule has 0 aliphatic carbocycles. The molecular weight excluding hydrogens is 447 g/mol. The van der Waals surface area contributed by atoms with E-state index in [0.29, 0.717) is 45.8 Å². The first-order chi connectivity index (χ1) is 16.9. The van der Waals surface area contributed by atoms with E-state index in [4.69, 9.17) is 13.9 Å². The maximum Gasteiger partial charge on any atom is 0.338 e. The SMILES string of the molecule is CCCOc1cc2oc(-c3ccc(F)cc3)c(C(=O)CC)c2cc1-c1ccc(C)c(C(=O)OC)c1. The Balaban J connectivity index is 1.99. The Kier molecular flexibility index (Phi) is 7.01. The summed E-state index contributed by atoms with van der Waals surface area (Å²) in [7, 11) is 1.35. The van der Waals surface area contributed by atoms with Crippen molar-refractivity contribution in [3.8, 4) is 28.2 Å². The molecule has 4 aromatic rings. The van der Waals surface area contributed by atoms with Gasteiger partial charge in [0, 0.05) is 29.0 Å². The van der Waals surface area contributed by atoms with E-state index in [1.807, 2.05) is 32.0 Å². The van der Waals surface area contributed by atoms with Crippen LogP contribution >= 0.6 is 0 Å². The van der Waals surface area contributed by atoms with E-state index in [0.717, 1.165) is 23.1 Å². The molecule has 35 heavy (non-hydrogen) atoms. The number of hydrogen-bond acceptors (Lipinski definition) is 5. The van der Waals surface area contributed by atoms with Gasteiger partial charge in [-0.1, -0.05) is 26.0 Å². The highest BCUT2D eigenvalue weighted by atomic mass is 19.1. The van der Waals surface area contributed by atoms with Gasteiger partial charge in [-0.3, -0.25) is 4.79 Å². The number of methoxy groups -OCH3 is 1. The van der Waals surface area contributed by atoms with Gasteiger partial charge in [-0.2, -0.15) is 0 Å². The second kappa shape index (κ2) is 10.1. The minimum atomic E-state index is -0.426. The Morgan fingerprint density at radius 1 is 0.971 bits per heavy atom. The molecule has 0 amide bonds. The van der Waals surface area contributed by atoms with E-state index in [1.165, 1.54) is 19.2 Å². The Labute approximate surface area is 203 Å². The predicted molar refractivity (Wildman–Crippen MR) is 134 cm³/mol. The molecule has 0 saturated heterocycles. The number of rotatable bonds is 8. The Morgan fingerprint density at radius 2 is 1.69 bits per heavy atom. The monoisotopic (exact) mass is 474 g/mol. The van der Waals surface area contributed by atoms with Crippen LogP contribution in [-0.2, 0) is 4.74 Å². The van der Waals surface area contributed by atoms with Gasteiger partial charge >= 0.3 is 5.97 Å². The van der Waals surface area contributed by atoms with E-state index in [2.05, 4.69) is 0 Å². The number of halogens is 1. The number of furan rings is 1. The second-order valence-corrected chi connectivity index (χ2v) is 8.30. The number of hydrogen-bond donors (Lipinski definition) is 0. The number of benzene rings is 3. The number of carbonyl (C=O) groups is 2. The Hall–Kier alpha value is -3.93. The summed E-state index contributed by atoms with van der Waals surface area (Å²) in [6.07, 6.45) is 1.08. The summed E-state index contributed by atoms with van der Waals surface area (Å²) in [5.74, 6) is 0.0886. The van der Waals surface area contributed by atoms with Gasteiger partial charge in [-0.25, -0.2) is 9.18 Å². The van der Waals surface area contributed by atoms with Crippen LogP contribution in [0.25, 0.3) is 33.4 Å². The molecule has 0 bridgehead atoms. The van der Waals surface area contributed by atoms with E-state index < -0.39 is 5.97 Å². The predicted octanol–water partition coefficient (Wildman–Crippen LogP) is 7.38. The van der Waals surface area contributed by atoms with Gasteiger partial charge in [0.25, 0.3) is 0 Å². The van der Waals surface area contributed by atoms with Crippen LogP contribution in [-0.4, -0.2) is 25.5 Å². The van der Waals surface area contributed by atoms with E-state index in [-0.39, 0.29) is 18.0 Å². The summed E-state index contributed by atoms with van der Waals surface area (Å²) in [4.78, 5) is 25.4.